The van der Waals surface area contributed by atoms with Crippen LogP contribution in [0.5, 0.6) is 0 Å². The summed E-state index contributed by atoms with van der Waals surface area (Å²) in [4.78, 5) is 26.8. The van der Waals surface area contributed by atoms with Crippen molar-refractivity contribution in [3.63, 3.8) is 0 Å². The first kappa shape index (κ1) is 16.7. The van der Waals surface area contributed by atoms with Crippen molar-refractivity contribution in [2.24, 2.45) is 0 Å². The zero-order chi connectivity index (χ0) is 17.5. The van der Waals surface area contributed by atoms with Crippen LogP contribution < -0.4 is 10.6 Å². The summed E-state index contributed by atoms with van der Waals surface area (Å²) in [6.45, 7) is 2.25. The lowest BCUT2D eigenvalue weighted by molar-refractivity contribution is -0.135. The predicted molar refractivity (Wildman–Crippen MR) is 95.9 cm³/mol. The Labute approximate surface area is 148 Å². The first-order valence-corrected chi connectivity index (χ1v) is 8.39. The topological polar surface area (TPSA) is 83.6 Å². The van der Waals surface area contributed by atoms with E-state index in [4.69, 9.17) is 5.73 Å². The fourth-order valence-electron chi connectivity index (χ4n) is 3.01. The largest absolute Gasteiger partial charge is 0.399 e. The molecular weight excluding hydrogens is 372 g/mol. The van der Waals surface area contributed by atoms with Crippen LogP contribution in [-0.4, -0.2) is 23.3 Å². The molecule has 0 saturated carbocycles. The summed E-state index contributed by atoms with van der Waals surface area (Å²) in [6.07, 6.45) is -0.310. The number of ketones is 1. The molecule has 1 amide bonds. The lowest BCUT2D eigenvalue weighted by Gasteiger charge is -2.22. The third-order valence-electron chi connectivity index (χ3n) is 4.26. The average Bonchev–Trinajstić information content (AvgIpc) is 2.76. The molecule has 3 N–H and O–H groups in total. The molecule has 1 aliphatic heterocycles. The van der Waals surface area contributed by atoms with Crippen LogP contribution in [0.25, 0.3) is 0 Å². The summed E-state index contributed by atoms with van der Waals surface area (Å²) < 4.78 is 0.741. The van der Waals surface area contributed by atoms with E-state index >= 15 is 0 Å². The number of rotatable bonds is 4. The molecule has 5 nitrogen and oxygen atoms in total. The SMILES string of the molecule is CCN1C(=O)[C@@](O)(CC(=O)c2ccc(N)cc2)c2cc(Br)ccc21. The fourth-order valence-corrected chi connectivity index (χ4v) is 3.37. The van der Waals surface area contributed by atoms with Crippen molar-refractivity contribution in [3.05, 3.63) is 58.1 Å². The van der Waals surface area contributed by atoms with Crippen LogP contribution in [0.15, 0.2) is 46.9 Å². The molecule has 0 unspecified atom stereocenters. The van der Waals surface area contributed by atoms with E-state index in [1.165, 1.54) is 4.90 Å². The van der Waals surface area contributed by atoms with Crippen LogP contribution in [0, 0.1) is 0 Å². The molecule has 0 bridgehead atoms. The number of nitrogens with two attached hydrogens (primary N) is 1. The van der Waals surface area contributed by atoms with Crippen molar-refractivity contribution < 1.29 is 14.7 Å². The number of aliphatic hydroxyl groups is 1. The Bertz CT molecular complexity index is 820. The molecule has 0 aliphatic carbocycles. The molecule has 1 aliphatic rings. The molecule has 124 valence electrons. The third-order valence-corrected chi connectivity index (χ3v) is 4.75. The lowest BCUT2D eigenvalue weighted by atomic mass is 9.88. The van der Waals surface area contributed by atoms with Gasteiger partial charge in [0.1, 0.15) is 0 Å². The quantitative estimate of drug-likeness (QED) is 0.622. The molecule has 0 fully saturated rings. The minimum absolute atomic E-state index is 0.310. The van der Waals surface area contributed by atoms with Gasteiger partial charge in [0.2, 0.25) is 0 Å². The number of nitrogens with zero attached hydrogens (tertiary/aromatic N) is 1. The number of likely N-dealkylation sites (N-methyl/N-ethyl adjacent to an activating group) is 1. The number of benzene rings is 2. The standard InChI is InChI=1S/C18H17BrN2O3/c1-2-21-15-8-5-12(19)9-14(15)18(24,17(21)23)10-16(22)11-3-6-13(20)7-4-11/h3-9,24H,2,10,20H2,1H3/t18-/m1/s1. The minimum Gasteiger partial charge on any atom is -0.399 e. The van der Waals surface area contributed by atoms with E-state index in [1.807, 2.05) is 13.0 Å². The van der Waals surface area contributed by atoms with Crippen LogP contribution in [-0.2, 0) is 10.4 Å². The average molecular weight is 389 g/mol. The monoisotopic (exact) mass is 388 g/mol. The van der Waals surface area contributed by atoms with Gasteiger partial charge >= 0.3 is 0 Å². The third kappa shape index (κ3) is 2.61. The number of carbonyl (C=O) groups is 2. The van der Waals surface area contributed by atoms with Crippen molar-refractivity contribution in [3.8, 4) is 0 Å². The van der Waals surface area contributed by atoms with Crippen molar-refractivity contribution in [2.75, 3.05) is 17.2 Å². The Balaban J connectivity index is 2.00. The highest BCUT2D eigenvalue weighted by molar-refractivity contribution is 9.10. The molecule has 0 spiro atoms. The zero-order valence-electron chi connectivity index (χ0n) is 13.1. The molecular formula is C18H17BrN2O3. The number of halogens is 1. The van der Waals surface area contributed by atoms with Crippen molar-refractivity contribution in [2.45, 2.75) is 18.9 Å². The van der Waals surface area contributed by atoms with Crippen LogP contribution in [0.3, 0.4) is 0 Å². The number of fused-ring (bicyclic) bond motifs is 1. The first-order valence-electron chi connectivity index (χ1n) is 7.60. The van der Waals surface area contributed by atoms with Gasteiger partial charge in [-0.25, -0.2) is 0 Å². The van der Waals surface area contributed by atoms with Gasteiger partial charge in [-0.2, -0.15) is 0 Å². The number of amides is 1. The Morgan fingerprint density at radius 3 is 2.54 bits per heavy atom. The summed E-state index contributed by atoms with van der Waals surface area (Å²) in [6, 6.07) is 11.7. The van der Waals surface area contributed by atoms with Crippen molar-refractivity contribution in [1.82, 2.24) is 0 Å². The number of carbonyl (C=O) groups excluding carboxylic acids is 2. The maximum atomic E-state index is 12.7. The summed E-state index contributed by atoms with van der Waals surface area (Å²) in [7, 11) is 0. The van der Waals surface area contributed by atoms with Gasteiger partial charge in [-0.1, -0.05) is 15.9 Å². The van der Waals surface area contributed by atoms with E-state index in [0.717, 1.165) is 4.47 Å². The van der Waals surface area contributed by atoms with Gasteiger partial charge in [0.15, 0.2) is 11.4 Å². The fraction of sp³-hybridized carbons (Fsp3) is 0.222. The maximum Gasteiger partial charge on any atom is 0.264 e. The molecule has 24 heavy (non-hydrogen) atoms. The second kappa shape index (κ2) is 6.03. The number of hydrogen-bond acceptors (Lipinski definition) is 4. The lowest BCUT2D eigenvalue weighted by Crippen LogP contribution is -2.41. The van der Waals surface area contributed by atoms with Crippen molar-refractivity contribution >= 4 is 39.0 Å². The van der Waals surface area contributed by atoms with Crippen LogP contribution in [0.2, 0.25) is 0 Å². The molecule has 3 rings (SSSR count). The Morgan fingerprint density at radius 1 is 1.25 bits per heavy atom. The Morgan fingerprint density at radius 2 is 1.92 bits per heavy atom. The van der Waals surface area contributed by atoms with Gasteiger partial charge in [0.05, 0.1) is 12.1 Å². The number of hydrogen-bond donors (Lipinski definition) is 2. The predicted octanol–water partition coefficient (Wildman–Crippen LogP) is 2.86. The van der Waals surface area contributed by atoms with Crippen LogP contribution in [0.1, 0.15) is 29.3 Å². The van der Waals surface area contributed by atoms with E-state index in [2.05, 4.69) is 15.9 Å². The van der Waals surface area contributed by atoms with Gasteiger partial charge in [-0.3, -0.25) is 9.59 Å². The van der Waals surface area contributed by atoms with Gasteiger partial charge in [-0.15, -0.1) is 0 Å². The van der Waals surface area contributed by atoms with Gasteiger partial charge in [0.25, 0.3) is 5.91 Å². The van der Waals surface area contributed by atoms with Gasteiger partial charge < -0.3 is 15.7 Å². The molecule has 2 aromatic carbocycles. The maximum absolute atomic E-state index is 12.7. The van der Waals surface area contributed by atoms with Crippen LogP contribution >= 0.6 is 15.9 Å². The van der Waals surface area contributed by atoms with Gasteiger partial charge in [-0.05, 0) is 49.4 Å². The highest BCUT2D eigenvalue weighted by atomic mass is 79.9. The molecule has 0 saturated heterocycles. The Hall–Kier alpha value is -2.18. The van der Waals surface area contributed by atoms with Crippen molar-refractivity contribution in [1.29, 1.82) is 0 Å². The van der Waals surface area contributed by atoms with Gasteiger partial charge in [0, 0.05) is 27.8 Å². The highest BCUT2D eigenvalue weighted by Gasteiger charge is 2.50. The molecule has 1 atom stereocenters. The summed E-state index contributed by atoms with van der Waals surface area (Å²) >= 11 is 3.36. The zero-order valence-corrected chi connectivity index (χ0v) is 14.7. The number of nitrogen functional groups attached to an aromatic ring is 1. The Kier molecular flexibility index (Phi) is 4.19. The van der Waals surface area contributed by atoms with E-state index < -0.39 is 11.5 Å². The van der Waals surface area contributed by atoms with E-state index in [0.29, 0.717) is 29.0 Å². The van der Waals surface area contributed by atoms with E-state index in [1.54, 1.807) is 36.4 Å². The summed E-state index contributed by atoms with van der Waals surface area (Å²) in [5.41, 5.74) is 5.83. The van der Waals surface area contributed by atoms with E-state index in [9.17, 15) is 14.7 Å². The molecule has 0 aromatic heterocycles. The minimum atomic E-state index is -1.85. The first-order chi connectivity index (χ1) is 11.4. The molecule has 2 aromatic rings. The second-order valence-electron chi connectivity index (χ2n) is 5.79. The molecule has 0 radical (unpaired) electrons. The molecule has 6 heteroatoms. The molecule has 1 heterocycles. The number of Topliss-reactive ketones (excluding diaryl/α,β-unsaturated/α-hetero) is 1. The number of anilines is 2. The highest BCUT2D eigenvalue weighted by Crippen LogP contribution is 2.43. The van der Waals surface area contributed by atoms with E-state index in [-0.39, 0.29) is 12.2 Å². The normalized spacial score (nSPS) is 19.5. The summed E-state index contributed by atoms with van der Waals surface area (Å²) in [5, 5.41) is 11.1. The van der Waals surface area contributed by atoms with Crippen LogP contribution in [0.4, 0.5) is 11.4 Å². The summed E-state index contributed by atoms with van der Waals surface area (Å²) in [5.74, 6) is -0.781. The second-order valence-corrected chi connectivity index (χ2v) is 6.71. The smallest absolute Gasteiger partial charge is 0.264 e.